The quantitative estimate of drug-likeness (QED) is 0.0953. The summed E-state index contributed by atoms with van der Waals surface area (Å²) in [5.41, 5.74) is 11.6. The molecule has 2 heteroatoms. The highest BCUT2D eigenvalue weighted by Crippen LogP contribution is 2.29. The van der Waals surface area contributed by atoms with E-state index in [2.05, 4.69) is 170 Å². The number of nitrogens with zero attached hydrogens (tertiary/aromatic N) is 1. The Labute approximate surface area is 396 Å². The minimum Gasteiger partial charge on any atom is -0.493 e. The van der Waals surface area contributed by atoms with Gasteiger partial charge in [0.2, 0.25) is 0 Å². The lowest BCUT2D eigenvalue weighted by Crippen LogP contribution is -2.17. The van der Waals surface area contributed by atoms with Crippen LogP contribution in [0.25, 0.3) is 27.6 Å². The van der Waals surface area contributed by atoms with E-state index in [9.17, 15) is 0 Å². The zero-order valence-corrected chi connectivity index (χ0v) is 46.9. The van der Waals surface area contributed by atoms with Crippen molar-refractivity contribution in [3.8, 4) is 11.1 Å². The normalized spacial score (nSPS) is 11.6. The molecule has 0 saturated carbocycles. The van der Waals surface area contributed by atoms with Crippen molar-refractivity contribution in [2.45, 2.75) is 224 Å². The third kappa shape index (κ3) is 36.4. The molecule has 3 aromatic carbocycles. The largest absolute Gasteiger partial charge is 0.493 e. The average molecular weight is 871 g/mol. The molecule has 2 nitrogen and oxygen atoms in total. The molecular weight excluding hydrogens is 763 g/mol. The molecule has 362 valence electrons. The van der Waals surface area contributed by atoms with Crippen LogP contribution in [0.15, 0.2) is 102 Å². The van der Waals surface area contributed by atoms with Crippen molar-refractivity contribution in [2.24, 2.45) is 22.2 Å². The van der Waals surface area contributed by atoms with Crippen LogP contribution in [-0.4, -0.2) is 11.3 Å². The maximum atomic E-state index is 5.24. The van der Waals surface area contributed by atoms with Crippen LogP contribution < -0.4 is 0 Å². The molecule has 0 aliphatic rings. The Balaban J connectivity index is -0.000000278. The molecule has 0 unspecified atom stereocenters. The second-order valence-electron chi connectivity index (χ2n) is 18.0. The maximum absolute atomic E-state index is 5.24. The second-order valence-corrected chi connectivity index (χ2v) is 18.0. The van der Waals surface area contributed by atoms with Crippen molar-refractivity contribution in [3.63, 3.8) is 0 Å². The Morgan fingerprint density at radius 1 is 0.635 bits per heavy atom. The first-order valence-corrected chi connectivity index (χ1v) is 24.9. The third-order valence-corrected chi connectivity index (χ3v) is 9.39. The second kappa shape index (κ2) is 39.9. The molecule has 0 amide bonds. The molecule has 2 atom stereocenters. The first kappa shape index (κ1) is 68.4. The summed E-state index contributed by atoms with van der Waals surface area (Å²) in [5.74, 6) is 2.03. The molecule has 0 bridgehead atoms. The predicted octanol–water partition coefficient (Wildman–Crippen LogP) is 21.6. The number of aliphatic imine (C=N–C) groups is 1. The van der Waals surface area contributed by atoms with Gasteiger partial charge in [-0.3, -0.25) is 4.99 Å². The zero-order chi connectivity index (χ0) is 50.5. The van der Waals surface area contributed by atoms with Gasteiger partial charge in [-0.25, -0.2) is 0 Å². The van der Waals surface area contributed by atoms with Gasteiger partial charge in [-0.15, -0.1) is 6.58 Å². The van der Waals surface area contributed by atoms with Crippen LogP contribution in [0.5, 0.6) is 0 Å². The number of rotatable bonds is 13. The number of hydrogen-bond acceptors (Lipinski definition) is 2. The van der Waals surface area contributed by atoms with E-state index in [4.69, 9.17) is 9.73 Å². The van der Waals surface area contributed by atoms with Crippen molar-refractivity contribution in [2.75, 3.05) is 0 Å². The summed E-state index contributed by atoms with van der Waals surface area (Å²) in [4.78, 5) is 4.99. The van der Waals surface area contributed by atoms with Gasteiger partial charge < -0.3 is 4.74 Å². The summed E-state index contributed by atoms with van der Waals surface area (Å²) >= 11 is 0. The van der Waals surface area contributed by atoms with Crippen molar-refractivity contribution in [1.29, 1.82) is 0 Å². The van der Waals surface area contributed by atoms with E-state index >= 15 is 0 Å². The van der Waals surface area contributed by atoms with Crippen LogP contribution in [0.2, 0.25) is 0 Å². The fourth-order valence-corrected chi connectivity index (χ4v) is 6.01. The molecule has 3 rings (SSSR count). The SMILES string of the molecule is C/C=C(\N=C(C)[C@@H](C)CCCC)c1ccc2cc(-c3ccc(C)c(C)c3)ccc2c1.C=C(C)CC(C)(C)C.C=C(C)OC(C)(C)C.C=C(C)[C@@H](C)CCCC.CC.CC.CC.CC. The molecular formula is C61H107NO. The molecule has 0 fully saturated rings. The smallest absolute Gasteiger partial charge is 0.100 e. The highest BCUT2D eigenvalue weighted by atomic mass is 16.5. The van der Waals surface area contributed by atoms with Gasteiger partial charge in [-0.1, -0.05) is 202 Å². The molecule has 0 aliphatic carbocycles. The summed E-state index contributed by atoms with van der Waals surface area (Å²) in [6.45, 7) is 63.7. The van der Waals surface area contributed by atoms with Gasteiger partial charge in [0.25, 0.3) is 0 Å². The van der Waals surface area contributed by atoms with Gasteiger partial charge in [0, 0.05) is 11.3 Å². The Morgan fingerprint density at radius 2 is 1.08 bits per heavy atom. The van der Waals surface area contributed by atoms with Crippen molar-refractivity contribution in [3.05, 3.63) is 114 Å². The third-order valence-electron chi connectivity index (χ3n) is 9.39. The standard InChI is InChI=1S/C29H35N.C9H18.C8H16.C7H14O.4C2H6/c1-7-9-10-21(4)23(6)30-29(8-2)28-16-15-26-18-25(13-14-27(26)19-28)24-12-11-20(3)22(5)17-24;1-5-6-7-9(4)8(2)3;1-7(2)6-8(3,4)5;1-6(2)8-7(3,4)5;4*1-2/h8,11-19,21H,7,9-10H2,1-6H3;9H,2,5-7H2,1,3-4H3;1,6H2,2-5H3;1H2,2-5H3;4*1-2H3/b29-8-,30-23?;;;;;;;/t21-;9-;;;;;;/m00....../s1. The fraction of sp³-hybridized carbons (Fsp3) is 0.590. The van der Waals surface area contributed by atoms with E-state index in [0.29, 0.717) is 11.3 Å². The molecule has 0 saturated heterocycles. The van der Waals surface area contributed by atoms with Crippen molar-refractivity contribution < 1.29 is 4.74 Å². The van der Waals surface area contributed by atoms with Crippen LogP contribution >= 0.6 is 0 Å². The summed E-state index contributed by atoms with van der Waals surface area (Å²) in [7, 11) is 0. The topological polar surface area (TPSA) is 21.6 Å². The van der Waals surface area contributed by atoms with Gasteiger partial charge in [-0.05, 0) is 151 Å². The number of benzene rings is 3. The first-order valence-electron chi connectivity index (χ1n) is 24.9. The zero-order valence-electron chi connectivity index (χ0n) is 46.9. The highest BCUT2D eigenvalue weighted by molar-refractivity contribution is 5.93. The monoisotopic (exact) mass is 870 g/mol. The minimum absolute atomic E-state index is 0.0775. The van der Waals surface area contributed by atoms with Gasteiger partial charge in [0.1, 0.15) is 5.60 Å². The summed E-state index contributed by atoms with van der Waals surface area (Å²) < 4.78 is 5.24. The molecule has 0 N–H and O–H groups in total. The number of fused-ring (bicyclic) bond motifs is 1. The van der Waals surface area contributed by atoms with E-state index in [0.717, 1.165) is 23.8 Å². The molecule has 0 aromatic heterocycles. The van der Waals surface area contributed by atoms with Crippen molar-refractivity contribution in [1.82, 2.24) is 0 Å². The van der Waals surface area contributed by atoms with E-state index in [1.165, 1.54) is 94.0 Å². The number of unbranched alkanes of at least 4 members (excludes halogenated alkanes) is 2. The van der Waals surface area contributed by atoms with Gasteiger partial charge in [-0.2, -0.15) is 0 Å². The number of hydrogen-bond donors (Lipinski definition) is 0. The first-order chi connectivity index (χ1) is 29.4. The Morgan fingerprint density at radius 3 is 1.44 bits per heavy atom. The Hall–Kier alpha value is -3.65. The molecule has 63 heavy (non-hydrogen) atoms. The molecule has 0 heterocycles. The van der Waals surface area contributed by atoms with Crippen LogP contribution in [-0.2, 0) is 4.74 Å². The van der Waals surface area contributed by atoms with Crippen LogP contribution in [0.4, 0.5) is 0 Å². The van der Waals surface area contributed by atoms with E-state index in [1.807, 2.05) is 83.1 Å². The number of ether oxygens (including phenoxy) is 1. The minimum atomic E-state index is -0.0775. The molecule has 0 spiro atoms. The van der Waals surface area contributed by atoms with Crippen LogP contribution in [0.3, 0.4) is 0 Å². The highest BCUT2D eigenvalue weighted by Gasteiger charge is 2.11. The summed E-state index contributed by atoms with van der Waals surface area (Å²) in [6.07, 6.45) is 10.9. The molecule has 0 aliphatic heterocycles. The lowest BCUT2D eigenvalue weighted by atomic mass is 9.89. The molecule has 3 aromatic rings. The van der Waals surface area contributed by atoms with Crippen LogP contribution in [0.1, 0.15) is 221 Å². The number of aryl methyl sites for hydroxylation is 2. The van der Waals surface area contributed by atoms with Crippen molar-refractivity contribution >= 4 is 22.2 Å². The van der Waals surface area contributed by atoms with E-state index in [-0.39, 0.29) is 5.60 Å². The predicted molar refractivity (Wildman–Crippen MR) is 298 cm³/mol. The van der Waals surface area contributed by atoms with Gasteiger partial charge in [0.15, 0.2) is 0 Å². The lowest BCUT2D eigenvalue weighted by molar-refractivity contribution is 0.0544. The van der Waals surface area contributed by atoms with E-state index < -0.39 is 0 Å². The summed E-state index contributed by atoms with van der Waals surface area (Å²) in [5, 5.41) is 2.52. The van der Waals surface area contributed by atoms with Crippen LogP contribution in [0, 0.1) is 31.1 Å². The maximum Gasteiger partial charge on any atom is 0.100 e. The lowest BCUT2D eigenvalue weighted by Gasteiger charge is -2.20. The Kier molecular flexibility index (Phi) is 43.3. The average Bonchev–Trinajstić information content (AvgIpc) is 3.23. The number of allylic oxidation sites excluding steroid dienone is 4. The Bertz CT molecular complexity index is 1660. The molecule has 0 radical (unpaired) electrons. The van der Waals surface area contributed by atoms with Gasteiger partial charge >= 0.3 is 0 Å². The summed E-state index contributed by atoms with van der Waals surface area (Å²) in [6, 6.07) is 20.1. The van der Waals surface area contributed by atoms with E-state index in [1.54, 1.807) is 0 Å². The fourth-order valence-electron chi connectivity index (χ4n) is 6.01. The van der Waals surface area contributed by atoms with Gasteiger partial charge in [0.05, 0.1) is 11.5 Å².